The minimum Gasteiger partial charge on any atom is -0.496 e. The summed E-state index contributed by atoms with van der Waals surface area (Å²) in [6.45, 7) is 4.63. The minimum atomic E-state index is -0.252. The standard InChI is InChI=1S/C29H27Cl2N3O3/c1-19-29(20(2)34(33-19)17-22-9-12-25(30)26(31)16-22)32-28(35)14-11-21-10-13-27(36-3)23(15-21)18-37-24-7-5-4-6-8-24/h4-16H,17-18H2,1-3H3,(H,32,35)/b14-11+. The Labute approximate surface area is 226 Å². The number of nitrogens with zero attached hydrogens (tertiary/aromatic N) is 2. The highest BCUT2D eigenvalue weighted by Crippen LogP contribution is 2.26. The summed E-state index contributed by atoms with van der Waals surface area (Å²) < 4.78 is 13.2. The monoisotopic (exact) mass is 535 g/mol. The number of aryl methyl sites for hydroxylation is 1. The maximum atomic E-state index is 12.7. The first-order valence-corrected chi connectivity index (χ1v) is 12.4. The zero-order chi connectivity index (χ0) is 26.4. The lowest BCUT2D eigenvalue weighted by molar-refractivity contribution is -0.111. The number of rotatable bonds is 9. The number of hydrogen-bond donors (Lipinski definition) is 1. The number of carbonyl (C=O) groups is 1. The first kappa shape index (κ1) is 26.3. The van der Waals surface area contributed by atoms with Gasteiger partial charge in [0.25, 0.3) is 0 Å². The molecule has 1 heterocycles. The largest absolute Gasteiger partial charge is 0.496 e. The molecular weight excluding hydrogens is 509 g/mol. The molecular formula is C29H27Cl2N3O3. The van der Waals surface area contributed by atoms with Crippen molar-refractivity contribution in [2.75, 3.05) is 12.4 Å². The van der Waals surface area contributed by atoms with Gasteiger partial charge in [0.05, 0.1) is 40.8 Å². The number of aromatic nitrogens is 2. The molecule has 1 aromatic heterocycles. The number of halogens is 2. The molecule has 37 heavy (non-hydrogen) atoms. The molecule has 0 saturated carbocycles. The average molecular weight is 536 g/mol. The number of benzene rings is 3. The predicted molar refractivity (Wildman–Crippen MR) is 149 cm³/mol. The van der Waals surface area contributed by atoms with Crippen LogP contribution in [0.5, 0.6) is 11.5 Å². The van der Waals surface area contributed by atoms with Crippen LogP contribution in [-0.2, 0) is 17.9 Å². The van der Waals surface area contributed by atoms with Crippen LogP contribution in [0.2, 0.25) is 10.0 Å². The highest BCUT2D eigenvalue weighted by Gasteiger charge is 2.14. The van der Waals surface area contributed by atoms with Gasteiger partial charge in [-0.25, -0.2) is 0 Å². The van der Waals surface area contributed by atoms with Crippen LogP contribution in [0.4, 0.5) is 5.69 Å². The van der Waals surface area contributed by atoms with Crippen LogP contribution in [0.25, 0.3) is 6.08 Å². The van der Waals surface area contributed by atoms with Crippen LogP contribution in [0.3, 0.4) is 0 Å². The van der Waals surface area contributed by atoms with Crippen molar-refractivity contribution in [2.45, 2.75) is 27.0 Å². The molecule has 0 aliphatic rings. The van der Waals surface area contributed by atoms with Gasteiger partial charge in [0.15, 0.2) is 0 Å². The Morgan fingerprint density at radius 3 is 2.54 bits per heavy atom. The quantitative estimate of drug-likeness (QED) is 0.232. The summed E-state index contributed by atoms with van der Waals surface area (Å²) in [6.07, 6.45) is 3.25. The molecule has 0 bridgehead atoms. The fraction of sp³-hybridized carbons (Fsp3) is 0.172. The van der Waals surface area contributed by atoms with Gasteiger partial charge in [0.1, 0.15) is 18.1 Å². The van der Waals surface area contributed by atoms with Crippen LogP contribution in [0, 0.1) is 13.8 Å². The van der Waals surface area contributed by atoms with E-state index in [-0.39, 0.29) is 5.91 Å². The number of para-hydroxylation sites is 1. The third kappa shape index (κ3) is 6.73. The zero-order valence-electron chi connectivity index (χ0n) is 20.8. The molecule has 0 aliphatic carbocycles. The molecule has 3 aromatic carbocycles. The number of amides is 1. The van der Waals surface area contributed by atoms with Gasteiger partial charge < -0.3 is 14.8 Å². The van der Waals surface area contributed by atoms with E-state index in [9.17, 15) is 4.79 Å². The third-order valence-electron chi connectivity index (χ3n) is 5.82. The first-order chi connectivity index (χ1) is 17.8. The average Bonchev–Trinajstić information content (AvgIpc) is 3.16. The summed E-state index contributed by atoms with van der Waals surface area (Å²) in [6, 6.07) is 20.8. The normalized spacial score (nSPS) is 11.1. The lowest BCUT2D eigenvalue weighted by atomic mass is 10.1. The van der Waals surface area contributed by atoms with Gasteiger partial charge in [-0.15, -0.1) is 0 Å². The van der Waals surface area contributed by atoms with Crippen LogP contribution >= 0.6 is 23.2 Å². The second-order valence-corrected chi connectivity index (χ2v) is 9.26. The van der Waals surface area contributed by atoms with E-state index in [1.54, 1.807) is 19.3 Å². The molecule has 190 valence electrons. The summed E-state index contributed by atoms with van der Waals surface area (Å²) in [5.41, 5.74) is 4.94. The van der Waals surface area contributed by atoms with Crippen molar-refractivity contribution >= 4 is 40.9 Å². The van der Waals surface area contributed by atoms with E-state index in [0.29, 0.717) is 28.9 Å². The number of ether oxygens (including phenoxy) is 2. The summed E-state index contributed by atoms with van der Waals surface area (Å²) in [5, 5.41) is 8.53. The lowest BCUT2D eigenvalue weighted by Gasteiger charge is -2.11. The molecule has 0 radical (unpaired) electrons. The molecule has 0 spiro atoms. The second-order valence-electron chi connectivity index (χ2n) is 8.45. The molecule has 0 aliphatic heterocycles. The van der Waals surface area contributed by atoms with E-state index in [0.717, 1.165) is 39.6 Å². The molecule has 4 aromatic rings. The Morgan fingerprint density at radius 1 is 1.03 bits per heavy atom. The van der Waals surface area contributed by atoms with Gasteiger partial charge >= 0.3 is 0 Å². The highest BCUT2D eigenvalue weighted by molar-refractivity contribution is 6.42. The first-order valence-electron chi connectivity index (χ1n) is 11.7. The van der Waals surface area contributed by atoms with Crippen LogP contribution in [-0.4, -0.2) is 22.8 Å². The third-order valence-corrected chi connectivity index (χ3v) is 6.55. The van der Waals surface area contributed by atoms with Crippen molar-refractivity contribution < 1.29 is 14.3 Å². The smallest absolute Gasteiger partial charge is 0.248 e. The van der Waals surface area contributed by atoms with Crippen molar-refractivity contribution in [3.05, 3.63) is 111 Å². The van der Waals surface area contributed by atoms with Crippen molar-refractivity contribution in [1.82, 2.24) is 9.78 Å². The molecule has 1 amide bonds. The minimum absolute atomic E-state index is 0.252. The molecule has 6 nitrogen and oxygen atoms in total. The summed E-state index contributed by atoms with van der Waals surface area (Å²) in [7, 11) is 1.62. The summed E-state index contributed by atoms with van der Waals surface area (Å²) in [4.78, 5) is 12.7. The Bertz CT molecular complexity index is 1430. The van der Waals surface area contributed by atoms with Crippen LogP contribution in [0.1, 0.15) is 28.1 Å². The Morgan fingerprint density at radius 2 is 1.81 bits per heavy atom. The molecule has 8 heteroatoms. The number of hydrogen-bond acceptors (Lipinski definition) is 4. The van der Waals surface area contributed by atoms with E-state index in [2.05, 4.69) is 10.4 Å². The maximum absolute atomic E-state index is 12.7. The highest BCUT2D eigenvalue weighted by atomic mass is 35.5. The molecule has 0 unspecified atom stereocenters. The lowest BCUT2D eigenvalue weighted by Crippen LogP contribution is -2.10. The van der Waals surface area contributed by atoms with Crippen LogP contribution < -0.4 is 14.8 Å². The maximum Gasteiger partial charge on any atom is 0.248 e. The molecule has 1 N–H and O–H groups in total. The zero-order valence-corrected chi connectivity index (χ0v) is 22.3. The second kappa shape index (κ2) is 12.0. The van der Waals surface area contributed by atoms with Gasteiger partial charge in [-0.2, -0.15) is 5.10 Å². The van der Waals surface area contributed by atoms with Crippen molar-refractivity contribution in [3.63, 3.8) is 0 Å². The Hall–Kier alpha value is -3.74. The number of methoxy groups -OCH3 is 1. The van der Waals surface area contributed by atoms with E-state index in [1.165, 1.54) is 6.08 Å². The van der Waals surface area contributed by atoms with Crippen molar-refractivity contribution in [1.29, 1.82) is 0 Å². The fourth-order valence-electron chi connectivity index (χ4n) is 3.87. The molecule has 4 rings (SSSR count). The topological polar surface area (TPSA) is 65.4 Å². The summed E-state index contributed by atoms with van der Waals surface area (Å²) in [5.74, 6) is 1.24. The number of anilines is 1. The van der Waals surface area contributed by atoms with Crippen molar-refractivity contribution in [2.24, 2.45) is 0 Å². The SMILES string of the molecule is COc1ccc(/C=C/C(=O)Nc2c(C)nn(Cc3ccc(Cl)c(Cl)c3)c2C)cc1COc1ccccc1. The van der Waals surface area contributed by atoms with Crippen LogP contribution in [0.15, 0.2) is 72.8 Å². The van der Waals surface area contributed by atoms with Gasteiger partial charge in [-0.05, 0) is 67.4 Å². The summed E-state index contributed by atoms with van der Waals surface area (Å²) >= 11 is 12.2. The van der Waals surface area contributed by atoms with E-state index < -0.39 is 0 Å². The Balaban J connectivity index is 1.43. The van der Waals surface area contributed by atoms with Gasteiger partial charge in [0, 0.05) is 11.6 Å². The Kier molecular flexibility index (Phi) is 8.54. The molecule has 0 saturated heterocycles. The number of nitrogens with one attached hydrogen (secondary N) is 1. The fourth-order valence-corrected chi connectivity index (χ4v) is 4.19. The van der Waals surface area contributed by atoms with E-state index >= 15 is 0 Å². The van der Waals surface area contributed by atoms with Gasteiger partial charge in [0.2, 0.25) is 5.91 Å². The molecule has 0 atom stereocenters. The predicted octanol–water partition coefficient (Wildman–Crippen LogP) is 7.09. The van der Waals surface area contributed by atoms with E-state index in [4.69, 9.17) is 32.7 Å². The number of carbonyl (C=O) groups excluding carboxylic acids is 1. The van der Waals surface area contributed by atoms with E-state index in [1.807, 2.05) is 79.2 Å². The van der Waals surface area contributed by atoms with Gasteiger partial charge in [-0.1, -0.05) is 53.5 Å². The van der Waals surface area contributed by atoms with Gasteiger partial charge in [-0.3, -0.25) is 9.48 Å². The van der Waals surface area contributed by atoms with Crippen molar-refractivity contribution in [3.8, 4) is 11.5 Å². The molecule has 0 fully saturated rings.